The van der Waals surface area contributed by atoms with Gasteiger partial charge in [0.2, 0.25) is 5.76 Å². The van der Waals surface area contributed by atoms with Crippen molar-refractivity contribution in [3.8, 4) is 0 Å². The van der Waals surface area contributed by atoms with Crippen molar-refractivity contribution in [3.05, 3.63) is 17.9 Å². The van der Waals surface area contributed by atoms with Gasteiger partial charge in [-0.15, -0.1) is 0 Å². The number of carbonyl (C=O) groups is 1. The highest BCUT2D eigenvalue weighted by molar-refractivity contribution is 5.84. The number of furan rings is 1. The Morgan fingerprint density at radius 3 is 2.94 bits per heavy atom. The Morgan fingerprint density at radius 1 is 1.59 bits per heavy atom. The molecule has 1 aliphatic rings. The molecule has 0 saturated carbocycles. The zero-order chi connectivity index (χ0) is 12.4. The molecule has 0 spiro atoms. The third-order valence-corrected chi connectivity index (χ3v) is 3.37. The molecule has 2 atom stereocenters. The third kappa shape index (κ3) is 2.79. The zero-order valence-electron chi connectivity index (χ0n) is 10.1. The summed E-state index contributed by atoms with van der Waals surface area (Å²) in [6, 6.07) is 4.04. The highest BCUT2D eigenvalue weighted by atomic mass is 16.4. The fourth-order valence-corrected chi connectivity index (χ4v) is 2.15. The predicted octanol–water partition coefficient (Wildman–Crippen LogP) is 1.87. The van der Waals surface area contributed by atoms with Gasteiger partial charge in [0.05, 0.1) is 0 Å². The van der Waals surface area contributed by atoms with Crippen molar-refractivity contribution in [1.29, 1.82) is 0 Å². The minimum absolute atomic E-state index is 0.0199. The van der Waals surface area contributed by atoms with Crippen LogP contribution in [0.25, 0.3) is 0 Å². The number of piperidine rings is 1. The Morgan fingerprint density at radius 2 is 2.35 bits per heavy atom. The van der Waals surface area contributed by atoms with Gasteiger partial charge in [0.1, 0.15) is 0 Å². The second-order valence-electron chi connectivity index (χ2n) is 4.66. The van der Waals surface area contributed by atoms with E-state index in [1.807, 2.05) is 0 Å². The molecule has 2 heterocycles. The van der Waals surface area contributed by atoms with Crippen LogP contribution >= 0.6 is 0 Å². The molecule has 0 radical (unpaired) electrons. The highest BCUT2D eigenvalue weighted by Crippen LogP contribution is 2.21. The monoisotopic (exact) mass is 238 g/mol. The van der Waals surface area contributed by atoms with Crippen LogP contribution in [-0.2, 0) is 0 Å². The van der Waals surface area contributed by atoms with Crippen LogP contribution in [0.15, 0.2) is 16.5 Å². The molecule has 94 valence electrons. The summed E-state index contributed by atoms with van der Waals surface area (Å²) < 4.78 is 5.19. The van der Waals surface area contributed by atoms with E-state index in [-0.39, 0.29) is 5.76 Å². The molecular formula is C12H18N2O3. The Bertz CT molecular complexity index is 402. The summed E-state index contributed by atoms with van der Waals surface area (Å²) in [6.07, 6.45) is 2.09. The first-order valence-corrected chi connectivity index (χ1v) is 5.86. The maximum absolute atomic E-state index is 10.7. The zero-order valence-corrected chi connectivity index (χ0v) is 10.1. The molecule has 5 heteroatoms. The van der Waals surface area contributed by atoms with Gasteiger partial charge in [-0.05, 0) is 32.9 Å². The molecule has 1 fully saturated rings. The fourth-order valence-electron chi connectivity index (χ4n) is 2.15. The summed E-state index contributed by atoms with van der Waals surface area (Å²) in [5.74, 6) is -0.507. The van der Waals surface area contributed by atoms with Gasteiger partial charge in [-0.1, -0.05) is 0 Å². The largest absolute Gasteiger partial charge is 0.475 e. The number of anilines is 1. The van der Waals surface area contributed by atoms with E-state index in [1.165, 1.54) is 6.07 Å². The second kappa shape index (κ2) is 4.79. The first-order valence-electron chi connectivity index (χ1n) is 5.86. The first kappa shape index (κ1) is 12.0. The minimum Gasteiger partial charge on any atom is -0.475 e. The molecule has 2 unspecified atom stereocenters. The fraction of sp³-hybridized carbons (Fsp3) is 0.583. The number of nitrogens with zero attached hydrogens (tertiary/aromatic N) is 1. The number of carboxylic acid groups (broad SMARTS) is 1. The van der Waals surface area contributed by atoms with Crippen LogP contribution in [0.2, 0.25) is 0 Å². The van der Waals surface area contributed by atoms with Gasteiger partial charge in [0.25, 0.3) is 0 Å². The van der Waals surface area contributed by atoms with Crippen molar-refractivity contribution in [2.45, 2.75) is 31.8 Å². The first-order chi connectivity index (χ1) is 8.06. The van der Waals surface area contributed by atoms with Gasteiger partial charge in [0, 0.05) is 24.7 Å². The van der Waals surface area contributed by atoms with Crippen molar-refractivity contribution < 1.29 is 14.3 Å². The number of aromatic carboxylic acids is 1. The van der Waals surface area contributed by atoms with Crippen molar-refractivity contribution in [1.82, 2.24) is 4.90 Å². The maximum Gasteiger partial charge on any atom is 0.371 e. The number of likely N-dealkylation sites (tertiary alicyclic amines) is 1. The number of hydrogen-bond donors (Lipinski definition) is 2. The molecule has 2 rings (SSSR count). The van der Waals surface area contributed by atoms with Gasteiger partial charge >= 0.3 is 5.97 Å². The molecule has 1 aromatic heterocycles. The summed E-state index contributed by atoms with van der Waals surface area (Å²) in [7, 11) is 2.12. The molecule has 2 N–H and O–H groups in total. The molecule has 1 aromatic rings. The highest BCUT2D eigenvalue weighted by Gasteiger charge is 2.23. The van der Waals surface area contributed by atoms with Gasteiger partial charge in [-0.25, -0.2) is 4.79 Å². The van der Waals surface area contributed by atoms with Crippen molar-refractivity contribution in [2.24, 2.45) is 0 Å². The van der Waals surface area contributed by atoms with E-state index < -0.39 is 5.97 Å². The average molecular weight is 238 g/mol. The van der Waals surface area contributed by atoms with Crippen LogP contribution in [0.1, 0.15) is 30.3 Å². The van der Waals surface area contributed by atoms with Gasteiger partial charge in [-0.3, -0.25) is 0 Å². The Labute approximate surface area is 100 Å². The summed E-state index contributed by atoms with van der Waals surface area (Å²) in [5.41, 5.74) is 0. The summed E-state index contributed by atoms with van der Waals surface area (Å²) >= 11 is 0. The van der Waals surface area contributed by atoms with Crippen LogP contribution in [0.4, 0.5) is 5.88 Å². The molecule has 17 heavy (non-hydrogen) atoms. The number of carboxylic acids is 1. The lowest BCUT2D eigenvalue weighted by Gasteiger charge is -2.35. The summed E-state index contributed by atoms with van der Waals surface area (Å²) in [5, 5.41) is 12.0. The van der Waals surface area contributed by atoms with E-state index in [1.54, 1.807) is 6.07 Å². The lowest BCUT2D eigenvalue weighted by Crippen LogP contribution is -2.42. The van der Waals surface area contributed by atoms with Crippen molar-refractivity contribution in [3.63, 3.8) is 0 Å². The summed E-state index contributed by atoms with van der Waals surface area (Å²) in [6.45, 7) is 3.24. The lowest BCUT2D eigenvalue weighted by molar-refractivity contribution is 0.0663. The molecule has 0 aliphatic carbocycles. The molecule has 0 bridgehead atoms. The molecule has 1 aliphatic heterocycles. The quantitative estimate of drug-likeness (QED) is 0.841. The van der Waals surface area contributed by atoms with Crippen LogP contribution < -0.4 is 5.32 Å². The van der Waals surface area contributed by atoms with Crippen LogP contribution in [-0.4, -0.2) is 41.7 Å². The topological polar surface area (TPSA) is 65.7 Å². The van der Waals surface area contributed by atoms with E-state index in [2.05, 4.69) is 24.2 Å². The molecule has 0 aromatic carbocycles. The number of nitrogens with one attached hydrogen (secondary N) is 1. The average Bonchev–Trinajstić information content (AvgIpc) is 2.72. The van der Waals surface area contributed by atoms with Crippen LogP contribution in [0.3, 0.4) is 0 Å². The standard InChI is InChI=1S/C12H18N2O3/c1-8-7-9(5-6-14(8)2)13-11-4-3-10(17-11)12(15)16/h3-4,8-9,13H,5-7H2,1-2H3,(H,15,16). The molecule has 1 saturated heterocycles. The van der Waals surface area contributed by atoms with E-state index in [4.69, 9.17) is 9.52 Å². The third-order valence-electron chi connectivity index (χ3n) is 3.37. The summed E-state index contributed by atoms with van der Waals surface area (Å²) in [4.78, 5) is 13.0. The van der Waals surface area contributed by atoms with E-state index in [0.717, 1.165) is 19.4 Å². The number of rotatable bonds is 3. The van der Waals surface area contributed by atoms with E-state index in [9.17, 15) is 4.79 Å². The Balaban J connectivity index is 1.94. The normalized spacial score (nSPS) is 25.8. The van der Waals surface area contributed by atoms with Gasteiger partial charge in [-0.2, -0.15) is 0 Å². The molecule has 5 nitrogen and oxygen atoms in total. The van der Waals surface area contributed by atoms with Crippen LogP contribution in [0.5, 0.6) is 0 Å². The van der Waals surface area contributed by atoms with Crippen LogP contribution in [0, 0.1) is 0 Å². The second-order valence-corrected chi connectivity index (χ2v) is 4.66. The predicted molar refractivity (Wildman–Crippen MR) is 64.4 cm³/mol. The SMILES string of the molecule is CC1CC(Nc2ccc(C(=O)O)o2)CCN1C. The maximum atomic E-state index is 10.7. The van der Waals surface area contributed by atoms with Crippen molar-refractivity contribution >= 4 is 11.9 Å². The van der Waals surface area contributed by atoms with E-state index in [0.29, 0.717) is 18.0 Å². The molecule has 0 amide bonds. The number of hydrogen-bond acceptors (Lipinski definition) is 4. The smallest absolute Gasteiger partial charge is 0.371 e. The molecular weight excluding hydrogens is 220 g/mol. The Kier molecular flexibility index (Phi) is 3.38. The lowest BCUT2D eigenvalue weighted by atomic mass is 9.99. The van der Waals surface area contributed by atoms with E-state index >= 15 is 0 Å². The van der Waals surface area contributed by atoms with Gasteiger partial charge < -0.3 is 19.7 Å². The van der Waals surface area contributed by atoms with Gasteiger partial charge in [0.15, 0.2) is 5.88 Å². The minimum atomic E-state index is -1.03. The Hall–Kier alpha value is -1.49. The van der Waals surface area contributed by atoms with Crippen molar-refractivity contribution in [2.75, 3.05) is 18.9 Å².